The van der Waals surface area contributed by atoms with E-state index >= 15 is 0 Å². The molecule has 0 saturated heterocycles. The van der Waals surface area contributed by atoms with Crippen LogP contribution in [0.15, 0.2) is 45.3 Å². The first-order valence-corrected chi connectivity index (χ1v) is 5.88. The van der Waals surface area contributed by atoms with Crippen LogP contribution in [0.1, 0.15) is 16.1 Å². The van der Waals surface area contributed by atoms with Gasteiger partial charge in [0.05, 0.1) is 5.56 Å². The van der Waals surface area contributed by atoms with Crippen molar-refractivity contribution in [3.8, 4) is 23.0 Å². The Hall–Kier alpha value is -2.89. The van der Waals surface area contributed by atoms with Crippen molar-refractivity contribution in [3.05, 3.63) is 47.7 Å². The minimum Gasteiger partial charge on any atom is -0.478 e. The van der Waals surface area contributed by atoms with Gasteiger partial charge < -0.3 is 14.0 Å². The first kappa shape index (κ1) is 12.2. The van der Waals surface area contributed by atoms with Gasteiger partial charge in [0.1, 0.15) is 5.76 Å². The summed E-state index contributed by atoms with van der Waals surface area (Å²) in [6.07, 6.45) is 0. The minimum absolute atomic E-state index is 0.208. The molecule has 0 aliphatic heterocycles. The molecule has 0 spiro atoms. The van der Waals surface area contributed by atoms with E-state index in [-0.39, 0.29) is 11.5 Å². The molecule has 0 aliphatic carbocycles. The van der Waals surface area contributed by atoms with Crippen LogP contribution < -0.4 is 0 Å². The van der Waals surface area contributed by atoms with Crippen molar-refractivity contribution < 1.29 is 18.8 Å². The number of carboxylic acid groups (broad SMARTS) is 1. The monoisotopic (exact) mass is 270 g/mol. The molecule has 1 aromatic carbocycles. The maximum atomic E-state index is 10.8. The maximum absolute atomic E-state index is 10.8. The van der Waals surface area contributed by atoms with Gasteiger partial charge >= 0.3 is 5.97 Å². The van der Waals surface area contributed by atoms with Crippen LogP contribution in [-0.4, -0.2) is 21.2 Å². The Balaban J connectivity index is 1.91. The molecule has 6 nitrogen and oxygen atoms in total. The quantitative estimate of drug-likeness (QED) is 0.786. The Morgan fingerprint density at radius 1 is 1.15 bits per heavy atom. The number of carbonyl (C=O) groups is 1. The van der Waals surface area contributed by atoms with Crippen molar-refractivity contribution in [1.29, 1.82) is 0 Å². The molecular weight excluding hydrogens is 260 g/mol. The third kappa shape index (κ3) is 2.18. The molecule has 0 unspecified atom stereocenters. The summed E-state index contributed by atoms with van der Waals surface area (Å²) in [5.74, 6) is 0.951. The number of rotatable bonds is 3. The number of benzene rings is 1. The van der Waals surface area contributed by atoms with Crippen LogP contribution in [0.2, 0.25) is 0 Å². The number of aromatic nitrogens is 2. The van der Waals surface area contributed by atoms with Crippen molar-refractivity contribution in [2.75, 3.05) is 0 Å². The van der Waals surface area contributed by atoms with Gasteiger partial charge in [-0.05, 0) is 31.2 Å². The number of hydrogen-bond donors (Lipinski definition) is 1. The predicted molar refractivity (Wildman–Crippen MR) is 69.1 cm³/mol. The van der Waals surface area contributed by atoms with E-state index in [1.807, 2.05) is 6.92 Å². The Morgan fingerprint density at radius 2 is 1.90 bits per heavy atom. The summed E-state index contributed by atoms with van der Waals surface area (Å²) in [7, 11) is 0. The fraction of sp³-hybridized carbons (Fsp3) is 0.0714. The van der Waals surface area contributed by atoms with Gasteiger partial charge in [0, 0.05) is 5.56 Å². The standard InChI is InChI=1S/C14H10N2O4/c1-8-2-7-11(19-8)13-15-12(16-20-13)9-3-5-10(6-4-9)14(17)18/h2-7H,1H3,(H,17,18). The fourth-order valence-electron chi connectivity index (χ4n) is 1.75. The smallest absolute Gasteiger partial charge is 0.335 e. The maximum Gasteiger partial charge on any atom is 0.335 e. The molecule has 100 valence electrons. The van der Waals surface area contributed by atoms with E-state index in [0.29, 0.717) is 17.1 Å². The number of aromatic carboxylic acids is 1. The van der Waals surface area contributed by atoms with Crippen molar-refractivity contribution in [1.82, 2.24) is 10.1 Å². The first-order valence-electron chi connectivity index (χ1n) is 5.88. The number of furan rings is 1. The number of aryl methyl sites for hydroxylation is 1. The van der Waals surface area contributed by atoms with Crippen molar-refractivity contribution >= 4 is 5.97 Å². The second kappa shape index (κ2) is 4.65. The molecule has 3 aromatic rings. The van der Waals surface area contributed by atoms with Crippen LogP contribution in [0.25, 0.3) is 23.0 Å². The van der Waals surface area contributed by atoms with Crippen LogP contribution in [0, 0.1) is 6.92 Å². The van der Waals surface area contributed by atoms with Gasteiger partial charge in [-0.2, -0.15) is 4.98 Å². The Morgan fingerprint density at radius 3 is 2.50 bits per heavy atom. The van der Waals surface area contributed by atoms with Gasteiger partial charge in [-0.1, -0.05) is 17.3 Å². The van der Waals surface area contributed by atoms with E-state index in [0.717, 1.165) is 5.76 Å². The normalized spacial score (nSPS) is 10.7. The SMILES string of the molecule is Cc1ccc(-c2nc(-c3ccc(C(=O)O)cc3)no2)o1. The van der Waals surface area contributed by atoms with E-state index in [9.17, 15) is 4.79 Å². The van der Waals surface area contributed by atoms with Gasteiger partial charge in [-0.15, -0.1) is 0 Å². The lowest BCUT2D eigenvalue weighted by atomic mass is 10.1. The number of hydrogen-bond acceptors (Lipinski definition) is 5. The van der Waals surface area contributed by atoms with E-state index in [4.69, 9.17) is 14.0 Å². The molecule has 0 saturated carbocycles. The predicted octanol–water partition coefficient (Wildman–Crippen LogP) is 3.00. The summed E-state index contributed by atoms with van der Waals surface area (Å²) < 4.78 is 10.5. The van der Waals surface area contributed by atoms with Gasteiger partial charge in [0.25, 0.3) is 5.89 Å². The molecule has 0 fully saturated rings. The Bertz CT molecular complexity index is 756. The molecule has 0 aliphatic rings. The first-order chi connectivity index (χ1) is 9.63. The summed E-state index contributed by atoms with van der Waals surface area (Å²) in [5.41, 5.74) is 0.882. The van der Waals surface area contributed by atoms with Gasteiger partial charge in [0.2, 0.25) is 5.82 Å². The summed E-state index contributed by atoms with van der Waals surface area (Å²) in [6.45, 7) is 1.82. The number of carboxylic acids is 1. The number of nitrogens with zero attached hydrogens (tertiary/aromatic N) is 2. The highest BCUT2D eigenvalue weighted by Gasteiger charge is 2.13. The second-order valence-corrected chi connectivity index (χ2v) is 4.22. The average Bonchev–Trinajstić information content (AvgIpc) is 3.07. The van der Waals surface area contributed by atoms with E-state index in [1.54, 1.807) is 24.3 Å². The molecule has 0 amide bonds. The van der Waals surface area contributed by atoms with Gasteiger partial charge in [-0.3, -0.25) is 0 Å². The highest BCUT2D eigenvalue weighted by Crippen LogP contribution is 2.23. The molecule has 0 radical (unpaired) electrons. The molecule has 20 heavy (non-hydrogen) atoms. The zero-order valence-electron chi connectivity index (χ0n) is 10.5. The molecule has 2 heterocycles. The molecule has 1 N–H and O–H groups in total. The zero-order chi connectivity index (χ0) is 14.1. The highest BCUT2D eigenvalue weighted by atomic mass is 16.5. The van der Waals surface area contributed by atoms with Crippen LogP contribution in [-0.2, 0) is 0 Å². The molecule has 0 atom stereocenters. The lowest BCUT2D eigenvalue weighted by Gasteiger charge is -1.95. The van der Waals surface area contributed by atoms with Crippen molar-refractivity contribution in [2.24, 2.45) is 0 Å². The lowest BCUT2D eigenvalue weighted by Crippen LogP contribution is -1.95. The topological polar surface area (TPSA) is 89.4 Å². The van der Waals surface area contributed by atoms with Gasteiger partial charge in [0.15, 0.2) is 5.76 Å². The van der Waals surface area contributed by atoms with E-state index in [2.05, 4.69) is 10.1 Å². The minimum atomic E-state index is -0.976. The Kier molecular flexibility index (Phi) is 2.83. The highest BCUT2D eigenvalue weighted by molar-refractivity contribution is 5.88. The fourth-order valence-corrected chi connectivity index (χ4v) is 1.75. The summed E-state index contributed by atoms with van der Waals surface area (Å²) in [4.78, 5) is 15.0. The van der Waals surface area contributed by atoms with Crippen LogP contribution in [0.3, 0.4) is 0 Å². The largest absolute Gasteiger partial charge is 0.478 e. The molecule has 3 rings (SSSR count). The van der Waals surface area contributed by atoms with Crippen LogP contribution >= 0.6 is 0 Å². The second-order valence-electron chi connectivity index (χ2n) is 4.22. The van der Waals surface area contributed by atoms with Crippen molar-refractivity contribution in [3.63, 3.8) is 0 Å². The zero-order valence-corrected chi connectivity index (χ0v) is 10.5. The summed E-state index contributed by atoms with van der Waals surface area (Å²) in [5, 5.41) is 12.7. The van der Waals surface area contributed by atoms with Crippen molar-refractivity contribution in [2.45, 2.75) is 6.92 Å². The molecule has 0 bridgehead atoms. The third-order valence-corrected chi connectivity index (χ3v) is 2.77. The molecular formula is C14H10N2O4. The van der Waals surface area contributed by atoms with Crippen LogP contribution in [0.4, 0.5) is 0 Å². The Labute approximate surface area is 113 Å². The van der Waals surface area contributed by atoms with Crippen LogP contribution in [0.5, 0.6) is 0 Å². The lowest BCUT2D eigenvalue weighted by molar-refractivity contribution is 0.0697. The average molecular weight is 270 g/mol. The molecule has 6 heteroatoms. The third-order valence-electron chi connectivity index (χ3n) is 2.77. The molecule has 2 aromatic heterocycles. The van der Waals surface area contributed by atoms with Gasteiger partial charge in [-0.25, -0.2) is 4.79 Å². The van der Waals surface area contributed by atoms with E-state index < -0.39 is 5.97 Å². The van der Waals surface area contributed by atoms with E-state index in [1.165, 1.54) is 12.1 Å². The summed E-state index contributed by atoms with van der Waals surface area (Å²) in [6, 6.07) is 9.80. The summed E-state index contributed by atoms with van der Waals surface area (Å²) >= 11 is 0.